The van der Waals surface area contributed by atoms with Gasteiger partial charge in [-0.25, -0.2) is 0 Å². The first-order chi connectivity index (χ1) is 6.99. The smallest absolute Gasteiger partial charge is 0.0239 e. The maximum atomic E-state index is 2.77. The minimum atomic E-state index is 0.727. The Labute approximate surface area is 120 Å². The third-order valence-electron chi connectivity index (χ3n) is 6.25. The molecule has 0 N–H and O–H groups in total. The summed E-state index contributed by atoms with van der Waals surface area (Å²) in [6.45, 7) is 0. The van der Waals surface area contributed by atoms with Crippen LogP contribution in [0.1, 0.15) is 57.8 Å². The van der Waals surface area contributed by atoms with Gasteiger partial charge in [0.25, 0.3) is 0 Å². The van der Waals surface area contributed by atoms with E-state index in [1.807, 2.05) is 0 Å². The molecule has 4 bridgehead atoms. The zero-order valence-electron chi connectivity index (χ0n) is 9.12. The van der Waals surface area contributed by atoms with E-state index in [4.69, 9.17) is 0 Å². The van der Waals surface area contributed by atoms with Crippen molar-refractivity contribution in [3.05, 3.63) is 0 Å². The van der Waals surface area contributed by atoms with Crippen LogP contribution in [0.2, 0.25) is 0 Å². The fourth-order valence-electron chi connectivity index (χ4n) is 5.16. The van der Waals surface area contributed by atoms with E-state index >= 15 is 0 Å². The molecule has 0 unspecified atom stereocenters. The molecule has 0 aromatic rings. The molecule has 0 aromatic heterocycles. The van der Waals surface area contributed by atoms with E-state index in [0.717, 1.165) is 17.7 Å². The van der Waals surface area contributed by atoms with Gasteiger partial charge in [-0.3, -0.25) is 0 Å². The van der Waals surface area contributed by atoms with Gasteiger partial charge in [-0.15, -0.1) is 0 Å². The van der Waals surface area contributed by atoms with Crippen LogP contribution in [0.5, 0.6) is 0 Å². The zero-order chi connectivity index (χ0) is 10.4. The molecule has 0 nitrogen and oxygen atoms in total. The Bertz CT molecular complexity index is 289. The van der Waals surface area contributed by atoms with Crippen LogP contribution in [0.3, 0.4) is 0 Å². The molecular weight excluding hydrogens is 410 g/mol. The third-order valence-corrected chi connectivity index (χ3v) is 9.01. The zero-order valence-corrected chi connectivity index (χ0v) is 13.4. The van der Waals surface area contributed by atoms with Crippen molar-refractivity contribution in [3.63, 3.8) is 0 Å². The molecular formula is C13H18I2. The van der Waals surface area contributed by atoms with E-state index in [0.29, 0.717) is 0 Å². The molecule has 0 amide bonds. The molecule has 0 heterocycles. The highest BCUT2D eigenvalue weighted by Gasteiger charge is 2.74. The maximum Gasteiger partial charge on any atom is 0.0239 e. The van der Waals surface area contributed by atoms with Gasteiger partial charge in [-0.1, -0.05) is 45.2 Å². The summed E-state index contributed by atoms with van der Waals surface area (Å²) in [4.78, 5) is 0. The Morgan fingerprint density at radius 3 is 1.40 bits per heavy atom. The predicted octanol–water partition coefficient (Wildman–Crippen LogP) is 4.87. The number of rotatable bonds is 1. The lowest BCUT2D eigenvalue weighted by molar-refractivity contribution is -0.201. The predicted molar refractivity (Wildman–Crippen MR) is 79.9 cm³/mol. The Balaban J connectivity index is 1.62. The Morgan fingerprint density at radius 1 is 0.533 bits per heavy atom. The fourth-order valence-corrected chi connectivity index (χ4v) is 8.16. The van der Waals surface area contributed by atoms with Crippen LogP contribution in [0.4, 0.5) is 0 Å². The largest absolute Gasteiger partial charge is 0.0789 e. The standard InChI is InChI=1S/C13H18I2/c14-12-4-1-10(2-5-12,3-6-12)11-7-13(15,8-11)9-11/h1-9H2. The van der Waals surface area contributed by atoms with Crippen LogP contribution in [-0.4, -0.2) is 6.84 Å². The van der Waals surface area contributed by atoms with E-state index in [1.54, 1.807) is 38.5 Å². The van der Waals surface area contributed by atoms with Gasteiger partial charge in [0.1, 0.15) is 0 Å². The van der Waals surface area contributed by atoms with Crippen molar-refractivity contribution in [2.24, 2.45) is 10.8 Å². The number of hydrogen-bond acceptors (Lipinski definition) is 0. The lowest BCUT2D eigenvalue weighted by atomic mass is 9.31. The Kier molecular flexibility index (Phi) is 1.89. The van der Waals surface area contributed by atoms with Crippen LogP contribution in [0, 0.1) is 10.8 Å². The minimum Gasteiger partial charge on any atom is -0.0789 e. The molecule has 0 aromatic carbocycles. The minimum absolute atomic E-state index is 0.727. The first-order valence-electron chi connectivity index (χ1n) is 6.37. The molecule has 6 aliphatic carbocycles. The van der Waals surface area contributed by atoms with Crippen molar-refractivity contribution >= 4 is 45.2 Å². The van der Waals surface area contributed by atoms with Gasteiger partial charge in [0.15, 0.2) is 0 Å². The van der Waals surface area contributed by atoms with Crippen LogP contribution < -0.4 is 0 Å². The fraction of sp³-hybridized carbons (Fsp3) is 1.00. The average molecular weight is 428 g/mol. The molecule has 6 aliphatic rings. The molecule has 15 heavy (non-hydrogen) atoms. The van der Waals surface area contributed by atoms with Crippen molar-refractivity contribution in [2.45, 2.75) is 64.6 Å². The van der Waals surface area contributed by atoms with E-state index in [-0.39, 0.29) is 0 Å². The molecule has 0 aliphatic heterocycles. The number of hydrogen-bond donors (Lipinski definition) is 0. The summed E-state index contributed by atoms with van der Waals surface area (Å²) in [5, 5.41) is 0. The molecule has 6 saturated carbocycles. The normalized spacial score (nSPS) is 66.0. The van der Waals surface area contributed by atoms with Gasteiger partial charge in [-0.2, -0.15) is 0 Å². The average Bonchev–Trinajstić information content (AvgIpc) is 2.14. The van der Waals surface area contributed by atoms with Crippen molar-refractivity contribution in [3.8, 4) is 0 Å². The maximum absolute atomic E-state index is 2.77. The van der Waals surface area contributed by atoms with E-state index in [1.165, 1.54) is 19.3 Å². The summed E-state index contributed by atoms with van der Waals surface area (Å²) in [6, 6.07) is 0. The monoisotopic (exact) mass is 428 g/mol. The van der Waals surface area contributed by atoms with Crippen LogP contribution in [0.25, 0.3) is 0 Å². The second-order valence-corrected chi connectivity index (χ2v) is 11.5. The van der Waals surface area contributed by atoms with Gasteiger partial charge in [0, 0.05) is 6.84 Å². The first-order valence-corrected chi connectivity index (χ1v) is 8.53. The second-order valence-electron chi connectivity index (χ2n) is 6.89. The molecule has 84 valence electrons. The molecule has 2 heteroatoms. The highest BCUT2D eigenvalue weighted by atomic mass is 127. The highest BCUT2D eigenvalue weighted by molar-refractivity contribution is 14.1. The lowest BCUT2D eigenvalue weighted by Crippen LogP contribution is -2.71. The van der Waals surface area contributed by atoms with Gasteiger partial charge in [0.2, 0.25) is 0 Å². The van der Waals surface area contributed by atoms with Crippen LogP contribution in [0.15, 0.2) is 0 Å². The molecule has 0 atom stereocenters. The van der Waals surface area contributed by atoms with E-state index < -0.39 is 0 Å². The lowest BCUT2D eigenvalue weighted by Gasteiger charge is -2.77. The first kappa shape index (κ1) is 10.4. The second kappa shape index (κ2) is 2.72. The van der Waals surface area contributed by atoms with Gasteiger partial charge in [0.05, 0.1) is 0 Å². The number of alkyl halides is 2. The summed E-state index contributed by atoms with van der Waals surface area (Å²) in [5.41, 5.74) is 1.68. The van der Waals surface area contributed by atoms with Crippen molar-refractivity contribution < 1.29 is 0 Å². The van der Waals surface area contributed by atoms with Crippen molar-refractivity contribution in [1.82, 2.24) is 0 Å². The van der Waals surface area contributed by atoms with Crippen molar-refractivity contribution in [1.29, 1.82) is 0 Å². The molecule has 0 radical (unpaired) electrons. The molecule has 6 fully saturated rings. The molecule has 6 rings (SSSR count). The number of halogens is 2. The van der Waals surface area contributed by atoms with Gasteiger partial charge < -0.3 is 0 Å². The summed E-state index contributed by atoms with van der Waals surface area (Å²) in [5.74, 6) is 0. The van der Waals surface area contributed by atoms with E-state index in [9.17, 15) is 0 Å². The van der Waals surface area contributed by atoms with Crippen LogP contribution >= 0.6 is 45.2 Å². The Hall–Kier alpha value is 1.46. The molecule has 0 spiro atoms. The van der Waals surface area contributed by atoms with Crippen molar-refractivity contribution in [2.75, 3.05) is 0 Å². The topological polar surface area (TPSA) is 0 Å². The van der Waals surface area contributed by atoms with Gasteiger partial charge in [-0.05, 0) is 68.6 Å². The summed E-state index contributed by atoms with van der Waals surface area (Å²) >= 11 is 5.51. The van der Waals surface area contributed by atoms with Crippen LogP contribution in [-0.2, 0) is 0 Å². The van der Waals surface area contributed by atoms with Gasteiger partial charge >= 0.3 is 0 Å². The highest BCUT2D eigenvalue weighted by Crippen LogP contribution is 2.82. The summed E-state index contributed by atoms with van der Waals surface area (Å²) in [6.07, 6.45) is 14.0. The summed E-state index contributed by atoms with van der Waals surface area (Å²) < 4.78 is 1.51. The Morgan fingerprint density at radius 2 is 1.00 bits per heavy atom. The SMILES string of the molecule is IC12CCC(C34CC(I)(C3)C4)(CC1)CC2. The number of fused-ring (bicyclic) bond motifs is 3. The summed E-state index contributed by atoms with van der Waals surface area (Å²) in [7, 11) is 0. The van der Waals surface area contributed by atoms with E-state index in [2.05, 4.69) is 45.2 Å². The third kappa shape index (κ3) is 1.14. The molecule has 0 saturated heterocycles. The quantitative estimate of drug-likeness (QED) is 0.413.